The summed E-state index contributed by atoms with van der Waals surface area (Å²) in [7, 11) is 0. The van der Waals surface area contributed by atoms with Crippen LogP contribution >= 0.6 is 11.8 Å². The van der Waals surface area contributed by atoms with Gasteiger partial charge in [0.25, 0.3) is 5.91 Å². The molecular formula is C13H20N2OS. The highest BCUT2D eigenvalue weighted by atomic mass is 32.2. The maximum absolute atomic E-state index is 11.7. The van der Waals surface area contributed by atoms with Crippen molar-refractivity contribution in [2.75, 3.05) is 18.1 Å². The summed E-state index contributed by atoms with van der Waals surface area (Å²) in [5, 5.41) is 2.91. The van der Waals surface area contributed by atoms with Gasteiger partial charge in [0.15, 0.2) is 0 Å². The van der Waals surface area contributed by atoms with E-state index in [2.05, 4.69) is 12.2 Å². The van der Waals surface area contributed by atoms with Crippen molar-refractivity contribution in [1.29, 1.82) is 0 Å². The second-order valence-corrected chi connectivity index (χ2v) is 5.10. The number of hydrogen-bond acceptors (Lipinski definition) is 3. The number of nitrogens with two attached hydrogens (primary N) is 1. The van der Waals surface area contributed by atoms with E-state index in [1.54, 1.807) is 0 Å². The van der Waals surface area contributed by atoms with E-state index in [0.29, 0.717) is 12.1 Å². The molecule has 0 aliphatic heterocycles. The minimum Gasteiger partial charge on any atom is -0.352 e. The fraction of sp³-hybridized carbons (Fsp3) is 0.462. The van der Waals surface area contributed by atoms with Gasteiger partial charge in [0.1, 0.15) is 0 Å². The van der Waals surface area contributed by atoms with Crippen LogP contribution in [0.25, 0.3) is 0 Å². The molecule has 0 heterocycles. The van der Waals surface area contributed by atoms with Crippen molar-refractivity contribution in [3.63, 3.8) is 0 Å². The van der Waals surface area contributed by atoms with E-state index in [1.165, 1.54) is 0 Å². The Bertz CT molecular complexity index is 338. The lowest BCUT2D eigenvalue weighted by Gasteiger charge is -2.05. The van der Waals surface area contributed by atoms with Gasteiger partial charge in [0, 0.05) is 18.7 Å². The van der Waals surface area contributed by atoms with Gasteiger partial charge in [0.2, 0.25) is 0 Å². The van der Waals surface area contributed by atoms with Crippen molar-refractivity contribution in [2.45, 2.75) is 19.9 Å². The third-order valence-electron chi connectivity index (χ3n) is 2.41. The number of carbonyl (C=O) groups is 1. The molecule has 0 radical (unpaired) electrons. The van der Waals surface area contributed by atoms with E-state index in [0.717, 1.165) is 30.0 Å². The summed E-state index contributed by atoms with van der Waals surface area (Å²) in [6.45, 7) is 3.39. The van der Waals surface area contributed by atoms with Gasteiger partial charge in [-0.1, -0.05) is 19.1 Å². The predicted molar refractivity (Wildman–Crippen MR) is 74.3 cm³/mol. The first kappa shape index (κ1) is 14.1. The molecule has 0 bridgehead atoms. The molecule has 0 fully saturated rings. The Kier molecular flexibility index (Phi) is 6.74. The molecule has 0 aliphatic rings. The van der Waals surface area contributed by atoms with E-state index in [-0.39, 0.29) is 5.91 Å². The van der Waals surface area contributed by atoms with E-state index in [1.807, 2.05) is 36.0 Å². The lowest BCUT2D eigenvalue weighted by molar-refractivity contribution is 0.0954. The molecule has 0 unspecified atom stereocenters. The third-order valence-corrected chi connectivity index (χ3v) is 3.39. The number of amides is 1. The Morgan fingerprint density at radius 2 is 2.06 bits per heavy atom. The fourth-order valence-electron chi connectivity index (χ4n) is 1.41. The summed E-state index contributed by atoms with van der Waals surface area (Å²) < 4.78 is 0. The molecule has 0 atom stereocenters. The number of benzene rings is 1. The van der Waals surface area contributed by atoms with Gasteiger partial charge in [-0.2, -0.15) is 11.8 Å². The fourth-order valence-corrected chi connectivity index (χ4v) is 2.05. The van der Waals surface area contributed by atoms with Gasteiger partial charge in [0.05, 0.1) is 0 Å². The molecule has 17 heavy (non-hydrogen) atoms. The van der Waals surface area contributed by atoms with Crippen molar-refractivity contribution in [1.82, 2.24) is 5.32 Å². The van der Waals surface area contributed by atoms with Gasteiger partial charge >= 0.3 is 0 Å². The summed E-state index contributed by atoms with van der Waals surface area (Å²) in [6, 6.07) is 7.42. The molecule has 4 heteroatoms. The summed E-state index contributed by atoms with van der Waals surface area (Å²) in [5.74, 6) is 2.23. The number of carbonyl (C=O) groups excluding carboxylic acids is 1. The van der Waals surface area contributed by atoms with Crippen LogP contribution in [0.4, 0.5) is 0 Å². The second kappa shape index (κ2) is 8.14. The van der Waals surface area contributed by atoms with Gasteiger partial charge in [-0.15, -0.1) is 0 Å². The highest BCUT2D eigenvalue weighted by molar-refractivity contribution is 7.99. The van der Waals surface area contributed by atoms with Crippen LogP contribution in [0, 0.1) is 0 Å². The smallest absolute Gasteiger partial charge is 0.251 e. The van der Waals surface area contributed by atoms with Crippen LogP contribution in [-0.2, 0) is 6.54 Å². The Morgan fingerprint density at radius 3 is 2.65 bits per heavy atom. The molecule has 3 N–H and O–H groups in total. The van der Waals surface area contributed by atoms with Crippen LogP contribution in [0.15, 0.2) is 24.3 Å². The Hall–Kier alpha value is -1.00. The summed E-state index contributed by atoms with van der Waals surface area (Å²) in [5.41, 5.74) is 7.24. The quantitative estimate of drug-likeness (QED) is 0.730. The molecule has 1 aromatic carbocycles. The average molecular weight is 252 g/mol. The first-order valence-corrected chi connectivity index (χ1v) is 7.08. The second-order valence-electron chi connectivity index (χ2n) is 3.71. The molecule has 1 amide bonds. The van der Waals surface area contributed by atoms with Gasteiger partial charge in [-0.05, 0) is 35.6 Å². The minimum atomic E-state index is -0.00456. The lowest BCUT2D eigenvalue weighted by atomic mass is 10.1. The lowest BCUT2D eigenvalue weighted by Crippen LogP contribution is -2.24. The zero-order chi connectivity index (χ0) is 12.5. The zero-order valence-corrected chi connectivity index (χ0v) is 11.1. The highest BCUT2D eigenvalue weighted by Crippen LogP contribution is 2.04. The van der Waals surface area contributed by atoms with Crippen molar-refractivity contribution in [2.24, 2.45) is 5.73 Å². The van der Waals surface area contributed by atoms with Crippen LogP contribution in [0.2, 0.25) is 0 Å². The van der Waals surface area contributed by atoms with E-state index in [4.69, 9.17) is 5.73 Å². The monoisotopic (exact) mass is 252 g/mol. The van der Waals surface area contributed by atoms with Crippen molar-refractivity contribution in [3.05, 3.63) is 35.4 Å². The van der Waals surface area contributed by atoms with Crippen LogP contribution in [0.3, 0.4) is 0 Å². The van der Waals surface area contributed by atoms with Crippen LogP contribution in [-0.4, -0.2) is 24.0 Å². The van der Waals surface area contributed by atoms with Crippen LogP contribution < -0.4 is 11.1 Å². The van der Waals surface area contributed by atoms with Gasteiger partial charge < -0.3 is 11.1 Å². The van der Waals surface area contributed by atoms with Gasteiger partial charge in [-0.3, -0.25) is 4.79 Å². The average Bonchev–Trinajstić information content (AvgIpc) is 2.38. The molecular weight excluding hydrogens is 232 g/mol. The minimum absolute atomic E-state index is 0.00456. The summed E-state index contributed by atoms with van der Waals surface area (Å²) >= 11 is 1.90. The number of nitrogens with one attached hydrogen (secondary N) is 1. The van der Waals surface area contributed by atoms with Crippen LogP contribution in [0.5, 0.6) is 0 Å². The SMILES string of the molecule is CCSCCCNC(=O)c1ccc(CN)cc1. The van der Waals surface area contributed by atoms with E-state index < -0.39 is 0 Å². The topological polar surface area (TPSA) is 55.1 Å². The van der Waals surface area contributed by atoms with E-state index >= 15 is 0 Å². The first-order valence-electron chi connectivity index (χ1n) is 5.93. The zero-order valence-electron chi connectivity index (χ0n) is 10.2. The third kappa shape index (κ3) is 5.24. The standard InChI is InChI=1S/C13H20N2OS/c1-2-17-9-3-8-15-13(16)12-6-4-11(10-14)5-7-12/h4-7H,2-3,8-10,14H2,1H3,(H,15,16). The molecule has 94 valence electrons. The van der Waals surface area contributed by atoms with Crippen molar-refractivity contribution in [3.8, 4) is 0 Å². The molecule has 1 rings (SSSR count). The largest absolute Gasteiger partial charge is 0.352 e. The molecule has 1 aromatic rings. The summed E-state index contributed by atoms with van der Waals surface area (Å²) in [4.78, 5) is 11.7. The Balaban J connectivity index is 2.31. The molecule has 0 saturated heterocycles. The first-order chi connectivity index (χ1) is 8.27. The summed E-state index contributed by atoms with van der Waals surface area (Å²) in [6.07, 6.45) is 1.02. The molecule has 0 saturated carbocycles. The van der Waals surface area contributed by atoms with E-state index in [9.17, 15) is 4.79 Å². The predicted octanol–water partition coefficient (Wildman–Crippen LogP) is 2.02. The Morgan fingerprint density at radius 1 is 1.35 bits per heavy atom. The van der Waals surface area contributed by atoms with Crippen LogP contribution in [0.1, 0.15) is 29.3 Å². The van der Waals surface area contributed by atoms with Crippen molar-refractivity contribution < 1.29 is 4.79 Å². The number of hydrogen-bond donors (Lipinski definition) is 2. The molecule has 0 aromatic heterocycles. The van der Waals surface area contributed by atoms with Crippen molar-refractivity contribution >= 4 is 17.7 Å². The highest BCUT2D eigenvalue weighted by Gasteiger charge is 2.03. The Labute approximate surface area is 107 Å². The number of thioether (sulfide) groups is 1. The number of rotatable bonds is 7. The maximum Gasteiger partial charge on any atom is 0.251 e. The maximum atomic E-state index is 11.7. The molecule has 3 nitrogen and oxygen atoms in total. The normalized spacial score (nSPS) is 10.2. The molecule has 0 aliphatic carbocycles. The molecule has 0 spiro atoms. The van der Waals surface area contributed by atoms with Gasteiger partial charge in [-0.25, -0.2) is 0 Å².